The van der Waals surface area contributed by atoms with Crippen LogP contribution in [0.1, 0.15) is 25.0 Å². The monoisotopic (exact) mass is 960 g/mol. The number of hydrogen-bond acceptors (Lipinski definition) is 4. The van der Waals surface area contributed by atoms with Gasteiger partial charge in [-0.1, -0.05) is 172 Å². The highest BCUT2D eigenvalue weighted by Gasteiger charge is 2.36. The minimum absolute atomic E-state index is 0.140. The normalized spacial score (nSPS) is 13.9. The molecule has 0 fully saturated rings. The molecule has 0 radical (unpaired) electrons. The summed E-state index contributed by atoms with van der Waals surface area (Å²) in [4.78, 5) is 9.56. The second-order valence-corrected chi connectivity index (χ2v) is 21.0. The highest BCUT2D eigenvalue weighted by Crippen LogP contribution is 2.56. The van der Waals surface area contributed by atoms with E-state index in [2.05, 4.69) is 290 Å². The van der Waals surface area contributed by atoms with Gasteiger partial charge in [0, 0.05) is 30.9 Å². The molecule has 0 saturated heterocycles. The fourth-order valence-electron chi connectivity index (χ4n) is 13.1. The molecule has 0 aromatic heterocycles. The van der Waals surface area contributed by atoms with Crippen molar-refractivity contribution >= 4 is 89.2 Å². The Labute approximate surface area is 438 Å². The largest absolute Gasteiger partial charge is 0.341 e. The van der Waals surface area contributed by atoms with Crippen molar-refractivity contribution in [2.45, 2.75) is 19.3 Å². The third kappa shape index (κ3) is 6.36. The van der Waals surface area contributed by atoms with Crippen LogP contribution >= 0.6 is 0 Å². The Morgan fingerprint density at radius 2 is 0.707 bits per heavy atom. The van der Waals surface area contributed by atoms with Crippen LogP contribution < -0.4 is 19.6 Å². The fraction of sp³-hybridized carbons (Fsp3) is 0.0704. The lowest BCUT2D eigenvalue weighted by molar-refractivity contribution is 0.660. The van der Waals surface area contributed by atoms with E-state index in [0.717, 1.165) is 34.1 Å². The van der Waals surface area contributed by atoms with E-state index >= 15 is 0 Å². The molecule has 3 aliphatic rings. The number of hydrogen-bond donors (Lipinski definition) is 0. The number of anilines is 10. The molecule has 0 amide bonds. The molecule has 1 aliphatic carbocycles. The number of rotatable bonds is 5. The van der Waals surface area contributed by atoms with Gasteiger partial charge in [-0.2, -0.15) is 0 Å². The van der Waals surface area contributed by atoms with Crippen LogP contribution in [0.3, 0.4) is 0 Å². The molecule has 0 N–H and O–H groups in total. The highest BCUT2D eigenvalue weighted by molar-refractivity contribution is 6.24. The summed E-state index contributed by atoms with van der Waals surface area (Å²) in [6.07, 6.45) is 0. The van der Waals surface area contributed by atoms with Crippen molar-refractivity contribution < 1.29 is 0 Å². The van der Waals surface area contributed by atoms with Gasteiger partial charge in [0.15, 0.2) is 0 Å². The van der Waals surface area contributed by atoms with E-state index in [0.29, 0.717) is 0 Å². The Balaban J connectivity index is 1.06. The van der Waals surface area contributed by atoms with Crippen molar-refractivity contribution in [2.75, 3.05) is 33.7 Å². The zero-order chi connectivity index (χ0) is 50.1. The molecule has 0 spiro atoms. The SMILES string of the molecule is CN1c2ccccc2N(c2ccc3c(-c4ccccc4-c4ccc5c(c4)C(C)(C)c4ccccc4-5)c4cc(N5c6ccccc6N(C)c6ccccc65)ccc4c(-c4ccc5ccccc5c4)c3c2)c2ccccc21. The van der Waals surface area contributed by atoms with Gasteiger partial charge in [0.1, 0.15) is 0 Å². The number of fused-ring (bicyclic) bond motifs is 10. The van der Waals surface area contributed by atoms with Gasteiger partial charge < -0.3 is 19.6 Å². The molecule has 4 heteroatoms. The summed E-state index contributed by atoms with van der Waals surface area (Å²) < 4.78 is 0. The Morgan fingerprint density at radius 3 is 1.28 bits per heavy atom. The maximum absolute atomic E-state index is 2.48. The van der Waals surface area contributed by atoms with Gasteiger partial charge in [-0.15, -0.1) is 0 Å². The minimum atomic E-state index is -0.140. The van der Waals surface area contributed by atoms with Gasteiger partial charge in [-0.05, 0) is 173 Å². The van der Waals surface area contributed by atoms with Crippen molar-refractivity contribution in [3.8, 4) is 44.5 Å². The van der Waals surface area contributed by atoms with E-state index in [4.69, 9.17) is 0 Å². The zero-order valence-electron chi connectivity index (χ0n) is 42.4. The van der Waals surface area contributed by atoms with Crippen molar-refractivity contribution in [2.24, 2.45) is 0 Å². The van der Waals surface area contributed by atoms with Crippen LogP contribution in [-0.4, -0.2) is 14.1 Å². The maximum atomic E-state index is 2.48. The van der Waals surface area contributed by atoms with E-state index in [9.17, 15) is 0 Å². The van der Waals surface area contributed by atoms with E-state index in [1.54, 1.807) is 0 Å². The van der Waals surface area contributed by atoms with Crippen LogP contribution in [0.25, 0.3) is 76.8 Å². The van der Waals surface area contributed by atoms with Crippen molar-refractivity contribution in [3.63, 3.8) is 0 Å². The standard InChI is InChI=1S/C71H52N4/c1-71(2)59-24-10-9-22-52(59)53-38-35-47(42-60(53)71)51-21-7-8-23-54(51)70-56-40-37-49(74-65-29-15-11-25-61(65)72(3)62-26-12-16-30-66(62)74)43-57(56)69(48-34-33-45-19-5-6-20-46(45)41-48)55-39-36-50(44-58(55)70)75-67-31-17-13-27-63(67)73(4)64-28-14-18-32-68(64)75/h5-44H,1-4H3. The molecule has 2 aliphatic heterocycles. The lowest BCUT2D eigenvalue weighted by Gasteiger charge is -2.39. The first-order valence-electron chi connectivity index (χ1n) is 26.1. The van der Waals surface area contributed by atoms with Gasteiger partial charge >= 0.3 is 0 Å². The molecule has 0 unspecified atom stereocenters. The summed E-state index contributed by atoms with van der Waals surface area (Å²) in [5, 5.41) is 7.23. The van der Waals surface area contributed by atoms with Crippen LogP contribution in [0.4, 0.5) is 56.9 Å². The fourth-order valence-corrected chi connectivity index (χ4v) is 13.1. The number of benzene rings is 12. The number of para-hydroxylation sites is 8. The second kappa shape index (κ2) is 16.3. The average Bonchev–Trinajstić information content (AvgIpc) is 3.71. The first kappa shape index (κ1) is 43.2. The van der Waals surface area contributed by atoms with Gasteiger partial charge in [0.25, 0.3) is 0 Å². The van der Waals surface area contributed by atoms with Gasteiger partial charge in [0.05, 0.1) is 45.5 Å². The van der Waals surface area contributed by atoms with Gasteiger partial charge in [-0.25, -0.2) is 0 Å². The molecule has 12 aromatic rings. The molecular weight excluding hydrogens is 909 g/mol. The van der Waals surface area contributed by atoms with Gasteiger partial charge in [-0.3, -0.25) is 0 Å². The molecule has 4 nitrogen and oxygen atoms in total. The van der Waals surface area contributed by atoms with Gasteiger partial charge in [0.2, 0.25) is 0 Å². The lowest BCUT2D eigenvalue weighted by atomic mass is 9.80. The molecule has 12 aromatic carbocycles. The topological polar surface area (TPSA) is 13.0 Å². The molecule has 0 atom stereocenters. The van der Waals surface area contributed by atoms with E-state index in [1.807, 2.05) is 0 Å². The van der Waals surface area contributed by atoms with E-state index in [1.165, 1.54) is 111 Å². The summed E-state index contributed by atoms with van der Waals surface area (Å²) in [6, 6.07) is 90.7. The highest BCUT2D eigenvalue weighted by atomic mass is 15.3. The lowest BCUT2D eigenvalue weighted by Crippen LogP contribution is -2.24. The first-order chi connectivity index (χ1) is 36.8. The summed E-state index contributed by atoms with van der Waals surface area (Å²) in [7, 11) is 4.36. The van der Waals surface area contributed by atoms with E-state index < -0.39 is 0 Å². The van der Waals surface area contributed by atoms with Crippen LogP contribution in [0, 0.1) is 0 Å². The molecule has 15 rings (SSSR count). The Kier molecular flexibility index (Phi) is 9.40. The molecule has 0 saturated carbocycles. The third-order valence-electron chi connectivity index (χ3n) is 16.7. The van der Waals surface area contributed by atoms with Crippen LogP contribution in [-0.2, 0) is 5.41 Å². The maximum Gasteiger partial charge on any atom is 0.0699 e. The molecule has 75 heavy (non-hydrogen) atoms. The van der Waals surface area contributed by atoms with E-state index in [-0.39, 0.29) is 5.41 Å². The Hall–Kier alpha value is -9.38. The second-order valence-electron chi connectivity index (χ2n) is 21.0. The average molecular weight is 961 g/mol. The Morgan fingerprint density at radius 1 is 0.280 bits per heavy atom. The first-order valence-corrected chi connectivity index (χ1v) is 26.1. The minimum Gasteiger partial charge on any atom is -0.341 e. The molecule has 2 heterocycles. The van der Waals surface area contributed by atoms with Crippen LogP contribution in [0.2, 0.25) is 0 Å². The Bertz CT molecular complexity index is 4260. The predicted octanol–water partition coefficient (Wildman–Crippen LogP) is 19.6. The third-order valence-corrected chi connectivity index (χ3v) is 16.7. The summed E-state index contributed by atoms with van der Waals surface area (Å²) in [6.45, 7) is 4.76. The summed E-state index contributed by atoms with van der Waals surface area (Å²) in [5.41, 5.74) is 24.0. The zero-order valence-corrected chi connectivity index (χ0v) is 42.4. The summed E-state index contributed by atoms with van der Waals surface area (Å²) in [5.74, 6) is 0. The number of nitrogens with zero attached hydrogens (tertiary/aromatic N) is 4. The van der Waals surface area contributed by atoms with Crippen molar-refractivity contribution in [3.05, 3.63) is 254 Å². The van der Waals surface area contributed by atoms with Crippen molar-refractivity contribution in [1.82, 2.24) is 0 Å². The molecule has 0 bridgehead atoms. The van der Waals surface area contributed by atoms with Crippen LogP contribution in [0.15, 0.2) is 243 Å². The molecule has 356 valence electrons. The predicted molar refractivity (Wildman–Crippen MR) is 318 cm³/mol. The summed E-state index contributed by atoms with van der Waals surface area (Å²) >= 11 is 0. The van der Waals surface area contributed by atoms with Crippen LogP contribution in [0.5, 0.6) is 0 Å². The molecular formula is C71H52N4. The smallest absolute Gasteiger partial charge is 0.0699 e. The quantitative estimate of drug-likeness (QED) is 0.159. The van der Waals surface area contributed by atoms with Crippen molar-refractivity contribution in [1.29, 1.82) is 0 Å².